The lowest BCUT2D eigenvalue weighted by Gasteiger charge is -2.32. The van der Waals surface area contributed by atoms with Gasteiger partial charge >= 0.3 is 5.97 Å². The minimum absolute atomic E-state index is 0.0640. The van der Waals surface area contributed by atoms with E-state index >= 15 is 0 Å². The summed E-state index contributed by atoms with van der Waals surface area (Å²) in [6, 6.07) is 35.0. The number of benzene rings is 2. The fourth-order valence-corrected chi connectivity index (χ4v) is 16.2. The number of anilines is 2. The predicted molar refractivity (Wildman–Crippen MR) is 408 cm³/mol. The number of rotatable bonds is 32. The normalized spacial score (nSPS) is 17.8. The smallest absolute Gasteiger partial charge is 0.332 e. The fourth-order valence-electron chi connectivity index (χ4n) is 12.4. The molecule has 98 heavy (non-hydrogen) atoms. The highest BCUT2D eigenvalue weighted by Gasteiger charge is 2.35. The molecule has 4 N–H and O–H groups in total. The van der Waals surface area contributed by atoms with Crippen LogP contribution in [0.2, 0.25) is 103 Å². The van der Waals surface area contributed by atoms with Crippen LogP contribution in [0.15, 0.2) is 120 Å². The molecule has 0 saturated heterocycles. The van der Waals surface area contributed by atoms with Gasteiger partial charge in [0.2, 0.25) is 0 Å². The highest BCUT2D eigenvalue weighted by Crippen LogP contribution is 2.44. The van der Waals surface area contributed by atoms with E-state index in [0.29, 0.717) is 84.7 Å². The number of aliphatic hydroxyl groups excluding tert-OH is 3. The number of fused-ring (bicyclic) bond motifs is 2. The van der Waals surface area contributed by atoms with Gasteiger partial charge < -0.3 is 49.2 Å². The zero-order valence-corrected chi connectivity index (χ0v) is 65.5. The van der Waals surface area contributed by atoms with Gasteiger partial charge in [0.25, 0.3) is 0 Å². The van der Waals surface area contributed by atoms with Crippen LogP contribution in [0.3, 0.4) is 0 Å². The number of nitrogens with zero attached hydrogens (tertiary/aromatic N) is 10. The van der Waals surface area contributed by atoms with Crippen LogP contribution < -0.4 is 9.80 Å². The third-order valence-electron chi connectivity index (χ3n) is 18.7. The summed E-state index contributed by atoms with van der Waals surface area (Å²) in [4.78, 5) is 35.9. The van der Waals surface area contributed by atoms with E-state index in [1.807, 2.05) is 88.4 Å². The van der Waals surface area contributed by atoms with Gasteiger partial charge in [-0.2, -0.15) is 19.2 Å². The molecule has 2 atom stereocenters. The third kappa shape index (κ3) is 21.6. The van der Waals surface area contributed by atoms with Crippen LogP contribution in [0.5, 0.6) is 0 Å². The molecule has 0 aliphatic heterocycles. The van der Waals surface area contributed by atoms with Crippen LogP contribution in [0.25, 0.3) is 56.1 Å². The van der Waals surface area contributed by atoms with Crippen LogP contribution >= 0.6 is 15.9 Å². The first kappa shape index (κ1) is 76.3. The maximum absolute atomic E-state index is 11.5. The number of carbonyl (C=O) groups is 1. The standard InChI is InChI=1S/C37H52BrN5O5Si2.C37H55N5O4Si2/c1-49(2,3)20-18-47-24-42(25-48-19-21-50(4,5)6)36-32(38)33(27-12-14-28(15-13-27)34(44)37(45)46)41-35-30(23-40-43(35)36)29-16-17-31(39-22-29)26-10-8-7-9-11-26;1-47(2,3)20-18-45-26-41(27-46-19-21-48(4,5)6)36-22-34(29-12-14-30(15-13-29)35(44)25-43)40-37-32(24-39-42(36)37)31-16-17-33(38-23-31)28-10-8-7-9-11-28/h7-11,16-17,22-23,27-28,34,44H,12-15,18-21,24-25H2,1-6H3,(H,45,46);7-11,16-17,22-24,29-30,35,43-44H,12-15,18-21,25-27H2,1-6H3. The van der Waals surface area contributed by atoms with E-state index in [2.05, 4.69) is 141 Å². The molecule has 0 bridgehead atoms. The Morgan fingerprint density at radius 2 is 0.949 bits per heavy atom. The highest BCUT2D eigenvalue weighted by molar-refractivity contribution is 9.10. The Balaban J connectivity index is 0.000000229. The van der Waals surface area contributed by atoms with Crippen LogP contribution in [-0.2, 0) is 23.7 Å². The lowest BCUT2D eigenvalue weighted by Crippen LogP contribution is -2.34. The fraction of sp³-hybridized carbons (Fsp3) is 0.527. The summed E-state index contributed by atoms with van der Waals surface area (Å²) in [5.74, 6) is 0.680. The Labute approximate surface area is 593 Å². The average Bonchev–Trinajstić information content (AvgIpc) is 1.53. The SMILES string of the molecule is C[Si](C)(C)CCOCN(COCC[Si](C)(C)C)c1c(Br)c(C2CCC(C(O)C(=O)O)CC2)nc2c(-c3ccc(-c4ccccc4)nc3)cnn12.C[Si](C)(C)CCOCN(COCC[Si](C)(C)C)c1cc(C2CCC(C(O)CO)CC2)nc2c(-c3ccc(-c4ccccc4)nc3)cnn12. The first-order valence-electron chi connectivity index (χ1n) is 35.1. The molecule has 2 aliphatic rings. The molecule has 24 heteroatoms. The Hall–Kier alpha value is -5.88. The number of hydrogen-bond donors (Lipinski definition) is 4. The van der Waals surface area contributed by atoms with Crippen molar-refractivity contribution >= 4 is 77.1 Å². The maximum atomic E-state index is 11.5. The van der Waals surface area contributed by atoms with E-state index in [1.165, 1.54) is 0 Å². The second-order valence-corrected chi connectivity index (χ2v) is 54.9. The van der Waals surface area contributed by atoms with Gasteiger partial charge in [0.1, 0.15) is 32.7 Å². The lowest BCUT2D eigenvalue weighted by atomic mass is 9.78. The molecule has 530 valence electrons. The van der Waals surface area contributed by atoms with E-state index in [9.17, 15) is 25.2 Å². The van der Waals surface area contributed by atoms with Crippen LogP contribution in [-0.4, -0.2) is 170 Å². The van der Waals surface area contributed by atoms with E-state index in [4.69, 9.17) is 49.1 Å². The van der Waals surface area contributed by atoms with Crippen molar-refractivity contribution in [2.24, 2.45) is 11.8 Å². The molecule has 10 rings (SSSR count). The topological polar surface area (TPSA) is 228 Å². The first-order chi connectivity index (χ1) is 46.6. The van der Waals surface area contributed by atoms with Crippen molar-refractivity contribution in [1.29, 1.82) is 0 Å². The summed E-state index contributed by atoms with van der Waals surface area (Å²) in [7, 11) is -5.09. The van der Waals surface area contributed by atoms with Crippen molar-refractivity contribution in [3.05, 3.63) is 132 Å². The maximum Gasteiger partial charge on any atom is 0.332 e. The molecule has 6 aromatic heterocycles. The monoisotopic (exact) mass is 1470 g/mol. The summed E-state index contributed by atoms with van der Waals surface area (Å²) >= 11 is 3.97. The second kappa shape index (κ2) is 34.7. The molecule has 2 aromatic carbocycles. The molecular formula is C74H107BrN10O9Si4. The minimum atomic E-state index is -1.35. The Bertz CT molecular complexity index is 3750. The Morgan fingerprint density at radius 3 is 1.37 bits per heavy atom. The van der Waals surface area contributed by atoms with E-state index in [-0.39, 0.29) is 30.3 Å². The summed E-state index contributed by atoms with van der Waals surface area (Å²) in [6.45, 7) is 32.3. The molecule has 8 aromatic rings. The van der Waals surface area contributed by atoms with Gasteiger partial charge in [-0.1, -0.05) is 151 Å². The van der Waals surface area contributed by atoms with E-state index in [0.717, 1.165) is 128 Å². The second-order valence-electron chi connectivity index (χ2n) is 31.6. The van der Waals surface area contributed by atoms with Gasteiger partial charge in [0.05, 0.1) is 46.7 Å². The number of hydrogen-bond acceptors (Lipinski definition) is 16. The van der Waals surface area contributed by atoms with Gasteiger partial charge in [-0.3, -0.25) is 9.97 Å². The van der Waals surface area contributed by atoms with Crippen molar-refractivity contribution in [3.8, 4) is 44.8 Å². The van der Waals surface area contributed by atoms with Gasteiger partial charge in [0.15, 0.2) is 23.2 Å². The van der Waals surface area contributed by atoms with Crippen LogP contribution in [0.4, 0.5) is 11.6 Å². The number of aromatic nitrogens is 8. The Morgan fingerprint density at radius 1 is 0.531 bits per heavy atom. The molecule has 19 nitrogen and oxygen atoms in total. The van der Waals surface area contributed by atoms with Gasteiger partial charge in [-0.05, 0) is 115 Å². The number of carboxylic acid groups (broad SMARTS) is 1. The molecule has 0 amide bonds. The van der Waals surface area contributed by atoms with E-state index < -0.39 is 50.5 Å². The van der Waals surface area contributed by atoms with Crippen LogP contribution in [0, 0.1) is 11.8 Å². The molecule has 6 heterocycles. The predicted octanol–water partition coefficient (Wildman–Crippen LogP) is 15.9. The molecule has 2 unspecified atom stereocenters. The van der Waals surface area contributed by atoms with Crippen molar-refractivity contribution in [2.45, 2.75) is 178 Å². The average molecular weight is 1470 g/mol. The minimum Gasteiger partial charge on any atom is -0.479 e. The number of aliphatic hydroxyl groups is 3. The summed E-state index contributed by atoms with van der Waals surface area (Å²) in [5, 5.41) is 49.4. The molecular weight excluding hydrogens is 1370 g/mol. The zero-order chi connectivity index (χ0) is 70.4. The number of pyridine rings is 2. The zero-order valence-electron chi connectivity index (χ0n) is 60.0. The lowest BCUT2D eigenvalue weighted by molar-refractivity contribution is -0.150. The van der Waals surface area contributed by atoms with Crippen molar-refractivity contribution in [1.82, 2.24) is 39.2 Å². The number of carboxylic acids is 1. The summed E-state index contributed by atoms with van der Waals surface area (Å²) in [6.07, 6.45) is 11.7. The molecule has 2 saturated carbocycles. The van der Waals surface area contributed by atoms with Gasteiger partial charge in [-0.25, -0.2) is 14.8 Å². The quantitative estimate of drug-likeness (QED) is 0.0175. The van der Waals surface area contributed by atoms with Gasteiger partial charge in [-0.15, -0.1) is 0 Å². The molecule has 2 aliphatic carbocycles. The molecule has 0 spiro atoms. The molecule has 0 radical (unpaired) electrons. The molecule has 2 fully saturated rings. The van der Waals surface area contributed by atoms with Crippen molar-refractivity contribution < 1.29 is 44.2 Å². The Kier molecular flexibility index (Phi) is 27.0. The first-order valence-corrected chi connectivity index (χ1v) is 50.8. The summed E-state index contributed by atoms with van der Waals surface area (Å²) < 4.78 is 29.9. The highest BCUT2D eigenvalue weighted by atomic mass is 79.9. The van der Waals surface area contributed by atoms with Crippen molar-refractivity contribution in [2.75, 3.05) is 69.8 Å². The third-order valence-corrected chi connectivity index (χ3v) is 26.3. The van der Waals surface area contributed by atoms with Crippen LogP contribution in [0.1, 0.15) is 74.6 Å². The number of aliphatic carboxylic acids is 1. The number of halogens is 1. The number of ether oxygens (including phenoxy) is 4. The largest absolute Gasteiger partial charge is 0.479 e. The van der Waals surface area contributed by atoms with E-state index in [1.54, 1.807) is 0 Å². The van der Waals surface area contributed by atoms with Crippen molar-refractivity contribution in [3.63, 3.8) is 0 Å². The van der Waals surface area contributed by atoms with Gasteiger partial charge in [0, 0.05) is 128 Å². The summed E-state index contributed by atoms with van der Waals surface area (Å²) in [5.41, 5.74) is 11.0.